The van der Waals surface area contributed by atoms with Gasteiger partial charge >= 0.3 is 0 Å². The van der Waals surface area contributed by atoms with Crippen molar-refractivity contribution in [2.75, 3.05) is 20.7 Å². The molecule has 1 aromatic heterocycles. The Morgan fingerprint density at radius 3 is 2.87 bits per heavy atom. The monoisotopic (exact) mass is 550 g/mol. The van der Waals surface area contributed by atoms with Crippen molar-refractivity contribution >= 4 is 41.5 Å². The Labute approximate surface area is 198 Å². The molecule has 0 fully saturated rings. The average molecular weight is 551 g/mol. The van der Waals surface area contributed by atoms with E-state index in [9.17, 15) is 4.39 Å². The lowest BCUT2D eigenvalue weighted by molar-refractivity contribution is 0.177. The van der Waals surface area contributed by atoms with Gasteiger partial charge in [0, 0.05) is 43.6 Å². The van der Waals surface area contributed by atoms with Crippen LogP contribution in [0.15, 0.2) is 23.2 Å². The zero-order valence-corrected chi connectivity index (χ0v) is 20.8. The molecule has 1 aromatic carbocycles. The maximum absolute atomic E-state index is 13.4. The van der Waals surface area contributed by atoms with E-state index < -0.39 is 0 Å². The average Bonchev–Trinajstić information content (AvgIpc) is 3.06. The van der Waals surface area contributed by atoms with Crippen molar-refractivity contribution in [3.05, 3.63) is 46.3 Å². The molecule has 0 bridgehead atoms. The van der Waals surface area contributed by atoms with Gasteiger partial charge in [0.2, 0.25) is 0 Å². The first kappa shape index (κ1) is 24.8. The number of nitrogens with one attached hydrogen (secondary N) is 2. The first-order valence-corrected chi connectivity index (χ1v) is 10.0. The molecule has 30 heavy (non-hydrogen) atoms. The standard InChI is InChI=1S/C20H28ClFN6O.HI/c1-20(2,15-7-5-13(22)9-16(15)21)12-24-19(23-3)25-14-6-8-18-26-17(11-29-4)27-28(18)10-14;/h5,7,9,14H,6,8,10-12H2,1-4H3,(H2,23,24,25);1H. The fourth-order valence-electron chi connectivity index (χ4n) is 3.49. The van der Waals surface area contributed by atoms with Gasteiger partial charge in [-0.1, -0.05) is 31.5 Å². The third kappa shape index (κ3) is 6.04. The van der Waals surface area contributed by atoms with Crippen molar-refractivity contribution in [2.24, 2.45) is 4.99 Å². The molecule has 0 spiro atoms. The number of benzene rings is 1. The summed E-state index contributed by atoms with van der Waals surface area (Å²) in [6, 6.07) is 4.72. The highest BCUT2D eigenvalue weighted by Gasteiger charge is 2.26. The number of halogens is 3. The maximum Gasteiger partial charge on any atom is 0.191 e. The van der Waals surface area contributed by atoms with E-state index in [-0.39, 0.29) is 41.3 Å². The Balaban J connectivity index is 0.00000320. The molecule has 3 rings (SSSR count). The largest absolute Gasteiger partial charge is 0.377 e. The molecule has 2 aromatic rings. The van der Waals surface area contributed by atoms with Gasteiger partial charge in [0.1, 0.15) is 18.2 Å². The number of aryl methyl sites for hydroxylation is 1. The molecule has 10 heteroatoms. The maximum atomic E-state index is 13.4. The number of methoxy groups -OCH3 is 1. The van der Waals surface area contributed by atoms with Gasteiger partial charge in [-0.05, 0) is 24.1 Å². The van der Waals surface area contributed by atoms with Crippen LogP contribution in [0, 0.1) is 5.82 Å². The van der Waals surface area contributed by atoms with E-state index >= 15 is 0 Å². The number of fused-ring (bicyclic) bond motifs is 1. The number of ether oxygens (including phenoxy) is 1. The van der Waals surface area contributed by atoms with Crippen LogP contribution in [-0.4, -0.2) is 47.5 Å². The second kappa shape index (κ2) is 10.7. The van der Waals surface area contributed by atoms with Crippen LogP contribution in [0.5, 0.6) is 0 Å². The molecule has 0 aliphatic carbocycles. The highest BCUT2D eigenvalue weighted by Crippen LogP contribution is 2.29. The van der Waals surface area contributed by atoms with E-state index in [4.69, 9.17) is 16.3 Å². The van der Waals surface area contributed by atoms with E-state index in [1.54, 1.807) is 20.2 Å². The molecule has 1 unspecified atom stereocenters. The molecule has 1 atom stereocenters. The number of aromatic nitrogens is 3. The van der Waals surface area contributed by atoms with E-state index in [2.05, 4.69) is 39.6 Å². The molecule has 2 heterocycles. The van der Waals surface area contributed by atoms with Crippen LogP contribution < -0.4 is 10.6 Å². The van der Waals surface area contributed by atoms with Crippen LogP contribution in [0.2, 0.25) is 5.02 Å². The summed E-state index contributed by atoms with van der Waals surface area (Å²) in [7, 11) is 3.38. The second-order valence-electron chi connectivity index (χ2n) is 7.87. The van der Waals surface area contributed by atoms with Crippen molar-refractivity contribution < 1.29 is 9.13 Å². The first-order valence-electron chi connectivity index (χ1n) is 9.66. The minimum Gasteiger partial charge on any atom is -0.377 e. The van der Waals surface area contributed by atoms with E-state index in [1.807, 2.05) is 4.68 Å². The van der Waals surface area contributed by atoms with Gasteiger partial charge in [0.15, 0.2) is 11.8 Å². The molecule has 0 saturated carbocycles. The van der Waals surface area contributed by atoms with Crippen molar-refractivity contribution in [1.29, 1.82) is 0 Å². The van der Waals surface area contributed by atoms with Crippen LogP contribution in [-0.2, 0) is 29.7 Å². The summed E-state index contributed by atoms with van der Waals surface area (Å²) >= 11 is 6.25. The molecule has 7 nitrogen and oxygen atoms in total. The Kier molecular flexibility index (Phi) is 8.86. The number of rotatable bonds is 6. The molecule has 1 aliphatic heterocycles. The Morgan fingerprint density at radius 2 is 2.20 bits per heavy atom. The second-order valence-corrected chi connectivity index (χ2v) is 8.28. The molecular formula is C20H29ClFIN6O. The lowest BCUT2D eigenvalue weighted by Gasteiger charge is -2.30. The lowest BCUT2D eigenvalue weighted by atomic mass is 9.84. The Morgan fingerprint density at radius 1 is 1.43 bits per heavy atom. The van der Waals surface area contributed by atoms with Gasteiger partial charge in [-0.3, -0.25) is 4.99 Å². The summed E-state index contributed by atoms with van der Waals surface area (Å²) in [5.74, 6) is 2.08. The van der Waals surface area contributed by atoms with Gasteiger partial charge in [-0.2, -0.15) is 5.10 Å². The first-order chi connectivity index (χ1) is 13.8. The summed E-state index contributed by atoms with van der Waals surface area (Å²) in [5.41, 5.74) is 0.586. The SMILES string of the molecule is CN=C(NCC(C)(C)c1ccc(F)cc1Cl)NC1CCc2nc(COC)nn2C1.I. The fourth-order valence-corrected chi connectivity index (χ4v) is 3.92. The predicted octanol–water partition coefficient (Wildman–Crippen LogP) is 3.29. The molecule has 0 saturated heterocycles. The normalized spacial score (nSPS) is 16.6. The topological polar surface area (TPSA) is 76.4 Å². The summed E-state index contributed by atoms with van der Waals surface area (Å²) in [5, 5.41) is 11.8. The van der Waals surface area contributed by atoms with Gasteiger partial charge in [0.25, 0.3) is 0 Å². The highest BCUT2D eigenvalue weighted by molar-refractivity contribution is 14.0. The van der Waals surface area contributed by atoms with Crippen molar-refractivity contribution in [3.8, 4) is 0 Å². The molecule has 0 amide bonds. The van der Waals surface area contributed by atoms with Gasteiger partial charge in [0.05, 0.1) is 6.54 Å². The van der Waals surface area contributed by atoms with Crippen molar-refractivity contribution in [1.82, 2.24) is 25.4 Å². The minimum absolute atomic E-state index is 0. The van der Waals surface area contributed by atoms with Gasteiger partial charge in [-0.15, -0.1) is 24.0 Å². The molecule has 0 radical (unpaired) electrons. The van der Waals surface area contributed by atoms with E-state index in [0.717, 1.165) is 30.8 Å². The predicted molar refractivity (Wildman–Crippen MR) is 127 cm³/mol. The van der Waals surface area contributed by atoms with Crippen molar-refractivity contribution in [3.63, 3.8) is 0 Å². The van der Waals surface area contributed by atoms with E-state index in [1.165, 1.54) is 12.1 Å². The van der Waals surface area contributed by atoms with Crippen LogP contribution in [0.4, 0.5) is 4.39 Å². The third-order valence-corrected chi connectivity index (χ3v) is 5.41. The minimum atomic E-state index is -0.335. The van der Waals surface area contributed by atoms with Crippen LogP contribution >= 0.6 is 35.6 Å². The lowest BCUT2D eigenvalue weighted by Crippen LogP contribution is -2.49. The molecule has 166 valence electrons. The van der Waals surface area contributed by atoms with E-state index in [0.29, 0.717) is 30.0 Å². The number of aliphatic imine (C=N–C) groups is 1. The zero-order valence-electron chi connectivity index (χ0n) is 17.7. The molecular weight excluding hydrogens is 522 g/mol. The van der Waals surface area contributed by atoms with Crippen LogP contribution in [0.1, 0.15) is 37.5 Å². The quantitative estimate of drug-likeness (QED) is 0.328. The van der Waals surface area contributed by atoms with Gasteiger partial charge in [-0.25, -0.2) is 14.1 Å². The fraction of sp³-hybridized carbons (Fsp3) is 0.550. The molecule has 2 N–H and O–H groups in total. The number of guanidine groups is 1. The van der Waals surface area contributed by atoms with Crippen LogP contribution in [0.3, 0.4) is 0 Å². The Bertz CT molecular complexity index is 888. The Hall–Kier alpha value is -1.46. The smallest absolute Gasteiger partial charge is 0.191 e. The zero-order chi connectivity index (χ0) is 21.0. The summed E-state index contributed by atoms with van der Waals surface area (Å²) in [6.07, 6.45) is 1.79. The third-order valence-electron chi connectivity index (χ3n) is 5.10. The van der Waals surface area contributed by atoms with Crippen LogP contribution in [0.25, 0.3) is 0 Å². The van der Waals surface area contributed by atoms with Crippen molar-refractivity contribution in [2.45, 2.75) is 51.3 Å². The van der Waals surface area contributed by atoms with Gasteiger partial charge < -0.3 is 15.4 Å². The number of hydrogen-bond acceptors (Lipinski definition) is 4. The molecule has 1 aliphatic rings. The highest BCUT2D eigenvalue weighted by atomic mass is 127. The number of nitrogens with zero attached hydrogens (tertiary/aromatic N) is 4. The summed E-state index contributed by atoms with van der Waals surface area (Å²) in [4.78, 5) is 8.85. The number of hydrogen-bond donors (Lipinski definition) is 2. The summed E-state index contributed by atoms with van der Waals surface area (Å²) in [6.45, 7) is 5.86. The summed E-state index contributed by atoms with van der Waals surface area (Å²) < 4.78 is 20.4.